The molecule has 1 aliphatic heterocycles. The molecule has 2 rings (SSSR count). The summed E-state index contributed by atoms with van der Waals surface area (Å²) < 4.78 is 51.1. The second kappa shape index (κ2) is 6.72. The van der Waals surface area contributed by atoms with Crippen LogP contribution >= 0.6 is 0 Å². The maximum atomic E-state index is 13.8. The molecule has 0 fully saturated rings. The van der Waals surface area contributed by atoms with Crippen LogP contribution in [0.4, 0.5) is 4.39 Å². The van der Waals surface area contributed by atoms with Gasteiger partial charge in [-0.1, -0.05) is 12.1 Å². The predicted octanol–water partition coefficient (Wildman–Crippen LogP) is 1.99. The molecule has 1 heterocycles. The minimum atomic E-state index is -3.52. The maximum Gasteiger partial charge on any atom is 0.214 e. The lowest BCUT2D eigenvalue weighted by atomic mass is 10.0. The molecule has 5 nitrogen and oxygen atoms in total. The lowest BCUT2D eigenvalue weighted by Gasteiger charge is -2.19. The Bertz CT molecular complexity index is 591. The van der Waals surface area contributed by atoms with Gasteiger partial charge >= 0.3 is 0 Å². The van der Waals surface area contributed by atoms with E-state index in [0.29, 0.717) is 25.0 Å². The fraction of sp³-hybridized carbons (Fsp3) is 0.571. The first-order valence-corrected chi connectivity index (χ1v) is 8.52. The van der Waals surface area contributed by atoms with Gasteiger partial charge in [0.25, 0.3) is 0 Å². The van der Waals surface area contributed by atoms with Gasteiger partial charge in [-0.2, -0.15) is 0 Å². The van der Waals surface area contributed by atoms with Gasteiger partial charge in [-0.25, -0.2) is 17.5 Å². The SMILES string of the molecule is COC(C)CS(=O)(=O)NC1CCCOc2c(F)cccc21. The lowest BCUT2D eigenvalue weighted by molar-refractivity contribution is 0.136. The van der Waals surface area contributed by atoms with E-state index in [1.807, 2.05) is 0 Å². The zero-order chi connectivity index (χ0) is 15.5. The summed E-state index contributed by atoms with van der Waals surface area (Å²) in [7, 11) is -2.05. The highest BCUT2D eigenvalue weighted by Gasteiger charge is 2.27. The minimum absolute atomic E-state index is 0.133. The smallest absolute Gasteiger partial charge is 0.214 e. The molecular formula is C14H20FNO4S. The predicted molar refractivity (Wildman–Crippen MR) is 77.3 cm³/mol. The standard InChI is InChI=1S/C14H20FNO4S/c1-10(19-2)9-21(17,18)16-13-7-4-8-20-14-11(13)5-3-6-12(14)15/h3,5-6,10,13,16H,4,7-9H2,1-2H3. The molecule has 0 aromatic heterocycles. The Kier molecular flexibility index (Phi) is 5.18. The van der Waals surface area contributed by atoms with Crippen molar-refractivity contribution in [3.63, 3.8) is 0 Å². The van der Waals surface area contributed by atoms with Gasteiger partial charge in [0, 0.05) is 12.7 Å². The van der Waals surface area contributed by atoms with Gasteiger partial charge in [0.05, 0.1) is 24.5 Å². The van der Waals surface area contributed by atoms with Crippen LogP contribution in [0.1, 0.15) is 31.4 Å². The van der Waals surface area contributed by atoms with Crippen LogP contribution in [0.15, 0.2) is 18.2 Å². The van der Waals surface area contributed by atoms with E-state index < -0.39 is 28.0 Å². The van der Waals surface area contributed by atoms with Crippen LogP contribution in [0, 0.1) is 5.82 Å². The van der Waals surface area contributed by atoms with Crippen LogP contribution < -0.4 is 9.46 Å². The average Bonchev–Trinajstić information content (AvgIpc) is 2.62. The van der Waals surface area contributed by atoms with Crippen molar-refractivity contribution in [2.75, 3.05) is 19.5 Å². The van der Waals surface area contributed by atoms with Gasteiger partial charge in [0.1, 0.15) is 0 Å². The van der Waals surface area contributed by atoms with E-state index in [2.05, 4.69) is 4.72 Å². The second-order valence-corrected chi connectivity index (χ2v) is 6.95. The number of ether oxygens (including phenoxy) is 2. The molecule has 0 bridgehead atoms. The molecule has 7 heteroatoms. The number of methoxy groups -OCH3 is 1. The largest absolute Gasteiger partial charge is 0.490 e. The van der Waals surface area contributed by atoms with E-state index in [9.17, 15) is 12.8 Å². The molecule has 1 aromatic rings. The fourth-order valence-corrected chi connectivity index (χ4v) is 3.86. The Morgan fingerprint density at radius 1 is 1.52 bits per heavy atom. The van der Waals surface area contributed by atoms with Crippen LogP contribution in [0.2, 0.25) is 0 Å². The number of sulfonamides is 1. The molecule has 0 amide bonds. The lowest BCUT2D eigenvalue weighted by Crippen LogP contribution is -2.34. The summed E-state index contributed by atoms with van der Waals surface area (Å²) in [6, 6.07) is 4.08. The van der Waals surface area contributed by atoms with E-state index in [0.717, 1.165) is 0 Å². The van der Waals surface area contributed by atoms with Crippen molar-refractivity contribution in [1.29, 1.82) is 0 Å². The number of hydrogen-bond acceptors (Lipinski definition) is 4. The number of fused-ring (bicyclic) bond motifs is 1. The highest BCUT2D eigenvalue weighted by Crippen LogP contribution is 2.33. The first kappa shape index (κ1) is 16.2. The van der Waals surface area contributed by atoms with Crippen molar-refractivity contribution in [2.45, 2.75) is 31.9 Å². The Morgan fingerprint density at radius 2 is 2.29 bits per heavy atom. The number of para-hydroxylation sites is 1. The van der Waals surface area contributed by atoms with Gasteiger partial charge in [-0.05, 0) is 25.8 Å². The first-order chi connectivity index (χ1) is 9.93. The third-order valence-corrected chi connectivity index (χ3v) is 4.99. The summed E-state index contributed by atoms with van der Waals surface area (Å²) in [5.74, 6) is -0.461. The second-order valence-electron chi connectivity index (χ2n) is 5.15. The number of rotatable bonds is 5. The monoisotopic (exact) mass is 317 g/mol. The van der Waals surface area contributed by atoms with E-state index in [1.54, 1.807) is 19.1 Å². The summed E-state index contributed by atoms with van der Waals surface area (Å²) in [6.07, 6.45) is 0.814. The number of nitrogens with one attached hydrogen (secondary N) is 1. The maximum absolute atomic E-state index is 13.8. The zero-order valence-corrected chi connectivity index (χ0v) is 13.0. The highest BCUT2D eigenvalue weighted by atomic mass is 32.2. The van der Waals surface area contributed by atoms with Crippen LogP contribution in [0.5, 0.6) is 5.75 Å². The molecule has 0 radical (unpaired) electrons. The van der Waals surface area contributed by atoms with E-state index >= 15 is 0 Å². The summed E-state index contributed by atoms with van der Waals surface area (Å²) in [4.78, 5) is 0. The molecule has 1 N–H and O–H groups in total. The van der Waals surface area contributed by atoms with Gasteiger partial charge < -0.3 is 9.47 Å². The van der Waals surface area contributed by atoms with E-state index in [-0.39, 0.29) is 11.5 Å². The highest BCUT2D eigenvalue weighted by molar-refractivity contribution is 7.89. The molecule has 2 atom stereocenters. The molecule has 0 aliphatic carbocycles. The molecule has 0 spiro atoms. The van der Waals surface area contributed by atoms with Crippen molar-refractivity contribution < 1.29 is 22.3 Å². The Morgan fingerprint density at radius 3 is 3.00 bits per heavy atom. The third kappa shape index (κ3) is 4.15. The van der Waals surface area contributed by atoms with Crippen LogP contribution in [0.25, 0.3) is 0 Å². The van der Waals surface area contributed by atoms with Crippen LogP contribution in [-0.2, 0) is 14.8 Å². The Labute approximate surface area is 124 Å². The molecule has 2 unspecified atom stereocenters. The molecular weight excluding hydrogens is 297 g/mol. The molecule has 1 aliphatic rings. The number of benzene rings is 1. The van der Waals surface area contributed by atoms with Crippen molar-refractivity contribution in [3.05, 3.63) is 29.6 Å². The van der Waals surface area contributed by atoms with Gasteiger partial charge in [-0.3, -0.25) is 0 Å². The molecule has 0 saturated carbocycles. The van der Waals surface area contributed by atoms with Crippen LogP contribution in [0.3, 0.4) is 0 Å². The van der Waals surface area contributed by atoms with Gasteiger partial charge in [-0.15, -0.1) is 0 Å². The zero-order valence-electron chi connectivity index (χ0n) is 12.1. The van der Waals surface area contributed by atoms with Gasteiger partial charge in [0.15, 0.2) is 11.6 Å². The summed E-state index contributed by atoms with van der Waals surface area (Å²) in [6.45, 7) is 2.06. The quantitative estimate of drug-likeness (QED) is 0.902. The van der Waals surface area contributed by atoms with E-state index in [1.165, 1.54) is 13.2 Å². The number of hydrogen-bond donors (Lipinski definition) is 1. The van der Waals surface area contributed by atoms with Crippen molar-refractivity contribution in [1.82, 2.24) is 4.72 Å². The molecule has 118 valence electrons. The summed E-state index contributed by atoms with van der Waals surface area (Å²) in [5.41, 5.74) is 0.543. The topological polar surface area (TPSA) is 64.6 Å². The Hall–Kier alpha value is -1.18. The summed E-state index contributed by atoms with van der Waals surface area (Å²) >= 11 is 0. The Balaban J connectivity index is 2.23. The molecule has 0 saturated heterocycles. The molecule has 21 heavy (non-hydrogen) atoms. The van der Waals surface area contributed by atoms with Crippen molar-refractivity contribution in [3.8, 4) is 5.75 Å². The van der Waals surface area contributed by atoms with E-state index in [4.69, 9.17) is 9.47 Å². The first-order valence-electron chi connectivity index (χ1n) is 6.87. The average molecular weight is 317 g/mol. The van der Waals surface area contributed by atoms with Crippen molar-refractivity contribution in [2.24, 2.45) is 0 Å². The normalized spacial score (nSPS) is 20.2. The van der Waals surface area contributed by atoms with Crippen molar-refractivity contribution >= 4 is 10.0 Å². The fourth-order valence-electron chi connectivity index (χ4n) is 2.33. The third-order valence-electron chi connectivity index (χ3n) is 3.43. The number of halogens is 1. The summed E-state index contributed by atoms with van der Waals surface area (Å²) in [5, 5.41) is 0. The minimum Gasteiger partial charge on any atom is -0.490 e. The van der Waals surface area contributed by atoms with Crippen LogP contribution in [-0.4, -0.2) is 34.0 Å². The van der Waals surface area contributed by atoms with Gasteiger partial charge in [0.2, 0.25) is 10.0 Å². The molecule has 1 aromatic carbocycles.